The van der Waals surface area contributed by atoms with Crippen LogP contribution in [0.4, 0.5) is 5.69 Å². The van der Waals surface area contributed by atoms with E-state index in [1.165, 1.54) is 10.6 Å². The summed E-state index contributed by atoms with van der Waals surface area (Å²) in [5.74, 6) is 0.690. The van der Waals surface area contributed by atoms with Gasteiger partial charge in [-0.2, -0.15) is 0 Å². The van der Waals surface area contributed by atoms with Crippen molar-refractivity contribution in [2.75, 3.05) is 38.6 Å². The van der Waals surface area contributed by atoms with Crippen molar-refractivity contribution in [1.29, 1.82) is 0 Å². The molecule has 0 radical (unpaired) electrons. The van der Waals surface area contributed by atoms with Crippen molar-refractivity contribution in [3.63, 3.8) is 0 Å². The van der Waals surface area contributed by atoms with Gasteiger partial charge in [-0.15, -0.1) is 11.3 Å². The van der Waals surface area contributed by atoms with E-state index in [0.717, 1.165) is 25.9 Å². The summed E-state index contributed by atoms with van der Waals surface area (Å²) in [5.41, 5.74) is 1.25. The molecule has 6 nitrogen and oxygen atoms in total. The number of benzene rings is 1. The Morgan fingerprint density at radius 1 is 1.25 bits per heavy atom. The molecule has 1 atom stereocenters. The van der Waals surface area contributed by atoms with Crippen LogP contribution in [0.15, 0.2) is 52.8 Å². The number of anilines is 1. The Labute approximate surface area is 171 Å². The van der Waals surface area contributed by atoms with Gasteiger partial charge < -0.3 is 20.4 Å². The number of hydrogen-bond acceptors (Lipinski definition) is 4. The number of thiophene rings is 1. The number of hydrogen-bond donors (Lipinski definition) is 2. The molecule has 150 valence electrons. The highest BCUT2D eigenvalue weighted by Crippen LogP contribution is 2.19. The quantitative estimate of drug-likeness (QED) is 0.579. The van der Waals surface area contributed by atoms with Crippen LogP contribution in [0.1, 0.15) is 17.7 Å². The predicted octanol–water partition coefficient (Wildman–Crippen LogP) is 2.54. The van der Waals surface area contributed by atoms with E-state index >= 15 is 0 Å². The minimum atomic E-state index is -0.00761. The molecule has 1 aliphatic rings. The number of nitrogens with one attached hydrogen (secondary N) is 2. The lowest BCUT2D eigenvalue weighted by Gasteiger charge is -2.35. The lowest BCUT2D eigenvalue weighted by Crippen LogP contribution is -2.51. The molecule has 0 saturated carbocycles. The minimum absolute atomic E-state index is 0.00761. The van der Waals surface area contributed by atoms with Crippen molar-refractivity contribution < 1.29 is 4.79 Å². The summed E-state index contributed by atoms with van der Waals surface area (Å²) in [7, 11) is 3.51. The van der Waals surface area contributed by atoms with Gasteiger partial charge in [-0.05, 0) is 36.4 Å². The minimum Gasteiger partial charge on any atom is -0.369 e. The Morgan fingerprint density at radius 2 is 2.07 bits per heavy atom. The monoisotopic (exact) mass is 399 g/mol. The lowest BCUT2D eigenvalue weighted by atomic mass is 10.1. The van der Waals surface area contributed by atoms with Gasteiger partial charge in [0.25, 0.3) is 0 Å². The molecule has 1 aromatic heterocycles. The Bertz CT molecular complexity index is 760. The van der Waals surface area contributed by atoms with Gasteiger partial charge >= 0.3 is 0 Å². The van der Waals surface area contributed by atoms with E-state index in [1.54, 1.807) is 30.3 Å². The molecule has 1 fully saturated rings. The molecule has 2 aromatic rings. The number of likely N-dealkylation sites (N-methyl/N-ethyl adjacent to an activating group) is 1. The van der Waals surface area contributed by atoms with Crippen molar-refractivity contribution >= 4 is 28.9 Å². The first-order chi connectivity index (χ1) is 13.6. The molecule has 2 heterocycles. The normalized spacial score (nSPS) is 17.3. The molecule has 1 saturated heterocycles. The molecule has 2 N–H and O–H groups in total. The molecular weight excluding hydrogens is 370 g/mol. The molecule has 3 rings (SSSR count). The second-order valence-corrected chi connectivity index (χ2v) is 8.18. The fourth-order valence-electron chi connectivity index (χ4n) is 3.19. The summed E-state index contributed by atoms with van der Waals surface area (Å²) < 4.78 is 0. The fraction of sp³-hybridized carbons (Fsp3) is 0.429. The van der Waals surface area contributed by atoms with E-state index in [-0.39, 0.29) is 18.5 Å². The first kappa shape index (κ1) is 20.2. The molecule has 0 aliphatic carbocycles. The van der Waals surface area contributed by atoms with Crippen LogP contribution in [0.2, 0.25) is 0 Å². The van der Waals surface area contributed by atoms with Gasteiger partial charge in [0.15, 0.2) is 5.96 Å². The number of carbonyl (C=O) groups excluding carboxylic acids is 1. The molecule has 1 unspecified atom stereocenters. The molecule has 1 amide bonds. The number of para-hydroxylation sites is 1. The first-order valence-corrected chi connectivity index (χ1v) is 10.6. The maximum Gasteiger partial charge on any atom is 0.243 e. The summed E-state index contributed by atoms with van der Waals surface area (Å²) >= 11 is 1.71. The summed E-state index contributed by atoms with van der Waals surface area (Å²) in [5, 5.41) is 8.99. The number of rotatable bonds is 6. The van der Waals surface area contributed by atoms with Crippen LogP contribution in [0.5, 0.6) is 0 Å². The zero-order chi connectivity index (χ0) is 19.8. The maximum absolute atomic E-state index is 12.0. The number of carbonyl (C=O) groups is 1. The van der Waals surface area contributed by atoms with Crippen molar-refractivity contribution in [2.45, 2.75) is 25.4 Å². The van der Waals surface area contributed by atoms with E-state index in [4.69, 9.17) is 0 Å². The molecule has 1 aromatic carbocycles. The molecule has 7 heteroatoms. The van der Waals surface area contributed by atoms with E-state index in [0.29, 0.717) is 12.5 Å². The highest BCUT2D eigenvalue weighted by Gasteiger charge is 2.21. The van der Waals surface area contributed by atoms with E-state index in [9.17, 15) is 4.79 Å². The van der Waals surface area contributed by atoms with Crippen LogP contribution < -0.4 is 15.5 Å². The van der Waals surface area contributed by atoms with Gasteiger partial charge in [-0.3, -0.25) is 4.79 Å². The third kappa shape index (κ3) is 5.99. The van der Waals surface area contributed by atoms with Crippen LogP contribution in [0, 0.1) is 0 Å². The van der Waals surface area contributed by atoms with Gasteiger partial charge in [0.05, 0.1) is 6.54 Å². The largest absolute Gasteiger partial charge is 0.369 e. The molecule has 28 heavy (non-hydrogen) atoms. The summed E-state index contributed by atoms with van der Waals surface area (Å²) in [6.45, 7) is 2.83. The van der Waals surface area contributed by atoms with E-state index < -0.39 is 0 Å². The van der Waals surface area contributed by atoms with Crippen LogP contribution in [-0.4, -0.2) is 56.5 Å². The standard InChI is InChI=1S/C21H29N5OS/c1-25(2)20(27)15-23-21(22-14-19-11-7-13-28-19)24-17-8-6-12-26(16-17)18-9-4-3-5-10-18/h3-5,7,9-11,13,17H,6,8,12,14-16H2,1-2H3,(H2,22,23,24). The van der Waals surface area contributed by atoms with Crippen LogP contribution in [-0.2, 0) is 11.3 Å². The van der Waals surface area contributed by atoms with Crippen molar-refractivity contribution in [3.8, 4) is 0 Å². The number of piperidine rings is 1. The van der Waals surface area contributed by atoms with Crippen molar-refractivity contribution in [2.24, 2.45) is 4.99 Å². The Morgan fingerprint density at radius 3 is 2.79 bits per heavy atom. The fourth-order valence-corrected chi connectivity index (χ4v) is 3.83. The van der Waals surface area contributed by atoms with E-state index in [1.807, 2.05) is 12.1 Å². The highest BCUT2D eigenvalue weighted by atomic mass is 32.1. The smallest absolute Gasteiger partial charge is 0.243 e. The predicted molar refractivity (Wildman–Crippen MR) is 117 cm³/mol. The van der Waals surface area contributed by atoms with Gasteiger partial charge in [0.1, 0.15) is 6.54 Å². The Hall–Kier alpha value is -2.54. The third-order valence-corrected chi connectivity index (χ3v) is 5.64. The second kappa shape index (κ2) is 10.1. The Balaban J connectivity index is 1.63. The van der Waals surface area contributed by atoms with Gasteiger partial charge in [-0.1, -0.05) is 24.3 Å². The van der Waals surface area contributed by atoms with E-state index in [2.05, 4.69) is 56.2 Å². The molecule has 1 aliphatic heterocycles. The Kier molecular flexibility index (Phi) is 7.31. The molecule has 0 bridgehead atoms. The maximum atomic E-state index is 12.0. The molecule has 0 spiro atoms. The average Bonchev–Trinajstić information content (AvgIpc) is 3.24. The van der Waals surface area contributed by atoms with Crippen LogP contribution >= 0.6 is 11.3 Å². The summed E-state index contributed by atoms with van der Waals surface area (Å²) in [6, 6.07) is 14.9. The summed E-state index contributed by atoms with van der Waals surface area (Å²) in [4.78, 5) is 21.7. The van der Waals surface area contributed by atoms with Crippen LogP contribution in [0.3, 0.4) is 0 Å². The average molecular weight is 400 g/mol. The zero-order valence-electron chi connectivity index (χ0n) is 16.6. The van der Waals surface area contributed by atoms with Gasteiger partial charge in [-0.25, -0.2) is 4.99 Å². The second-order valence-electron chi connectivity index (χ2n) is 7.15. The van der Waals surface area contributed by atoms with Gasteiger partial charge in [0.2, 0.25) is 5.91 Å². The summed E-state index contributed by atoms with van der Waals surface area (Å²) in [6.07, 6.45) is 2.21. The molecular formula is C21H29N5OS. The SMILES string of the molecule is CN(C)C(=O)CN=C(NCc1cccs1)NC1CCCN(c2ccccc2)C1. The van der Waals surface area contributed by atoms with Crippen molar-refractivity contribution in [1.82, 2.24) is 15.5 Å². The van der Waals surface area contributed by atoms with Crippen LogP contribution in [0.25, 0.3) is 0 Å². The number of amides is 1. The lowest BCUT2D eigenvalue weighted by molar-refractivity contribution is -0.127. The number of aliphatic imine (C=N–C) groups is 1. The topological polar surface area (TPSA) is 60.0 Å². The number of nitrogens with zero attached hydrogens (tertiary/aromatic N) is 3. The van der Waals surface area contributed by atoms with Gasteiger partial charge in [0, 0.05) is 43.8 Å². The van der Waals surface area contributed by atoms with Crippen molar-refractivity contribution in [3.05, 3.63) is 52.7 Å². The highest BCUT2D eigenvalue weighted by molar-refractivity contribution is 7.09. The third-order valence-electron chi connectivity index (χ3n) is 4.76. The zero-order valence-corrected chi connectivity index (χ0v) is 17.4. The number of guanidine groups is 1. The first-order valence-electron chi connectivity index (χ1n) is 9.69.